The van der Waals surface area contributed by atoms with Crippen LogP contribution in [0.2, 0.25) is 0 Å². The Morgan fingerprint density at radius 1 is 1.00 bits per heavy atom. The first kappa shape index (κ1) is 26.3. The van der Waals surface area contributed by atoms with E-state index in [4.69, 9.17) is 4.74 Å². The highest BCUT2D eigenvalue weighted by Crippen LogP contribution is 2.49. The van der Waals surface area contributed by atoms with Gasteiger partial charge in [0.05, 0.1) is 5.56 Å². The van der Waals surface area contributed by atoms with Crippen LogP contribution < -0.4 is 4.74 Å². The number of carbonyl (C=O) groups excluding carboxylic acids is 1. The number of carbonyl (C=O) groups is 1. The standard InChI is InChI=1S/C32H38F2O2/c1-3-5-7-9-23-10-13-25-19-26(15-14-24(25)18-23)31-29(33)20-27(21-30(31)34)32(35)36-28-16-11-22(12-17-28)8-6-4-2/h3-5,11-12,16-17,20-21,23-26H,2,6-10,13-15,18-19H2,1H3/b5-3+. The van der Waals surface area contributed by atoms with Gasteiger partial charge in [0.25, 0.3) is 0 Å². The van der Waals surface area contributed by atoms with E-state index in [0.29, 0.717) is 17.6 Å². The first-order chi connectivity index (χ1) is 17.5. The molecule has 0 radical (unpaired) electrons. The van der Waals surface area contributed by atoms with Gasteiger partial charge in [-0.1, -0.05) is 36.8 Å². The molecular weight excluding hydrogens is 454 g/mol. The molecule has 0 heterocycles. The Bertz CT molecular complexity index is 1050. The molecule has 0 spiro atoms. The normalized spacial score (nSPS) is 23.9. The molecule has 2 saturated carbocycles. The Labute approximate surface area is 214 Å². The number of hydrogen-bond donors (Lipinski definition) is 0. The molecule has 2 aromatic rings. The van der Waals surface area contributed by atoms with Crippen LogP contribution in [0.25, 0.3) is 0 Å². The second-order valence-electron chi connectivity index (χ2n) is 10.6. The molecule has 4 atom stereocenters. The SMILES string of the molecule is C=CCCc1ccc(OC(=O)c2cc(F)c(C3CCC4CC(CC/C=C/C)CCC4C3)c(F)c2)cc1. The minimum atomic E-state index is -0.752. The van der Waals surface area contributed by atoms with E-state index in [-0.39, 0.29) is 17.0 Å². The number of benzene rings is 2. The fourth-order valence-corrected chi connectivity index (χ4v) is 6.26. The zero-order valence-corrected chi connectivity index (χ0v) is 21.4. The van der Waals surface area contributed by atoms with Gasteiger partial charge in [0, 0.05) is 5.56 Å². The Hall–Kier alpha value is -2.75. The van der Waals surface area contributed by atoms with Gasteiger partial charge in [-0.05, 0) is 118 Å². The van der Waals surface area contributed by atoms with Crippen molar-refractivity contribution in [1.29, 1.82) is 0 Å². The van der Waals surface area contributed by atoms with E-state index >= 15 is 8.78 Å². The Balaban J connectivity index is 1.37. The van der Waals surface area contributed by atoms with Crippen LogP contribution in [0.5, 0.6) is 5.75 Å². The Kier molecular flexibility index (Phi) is 9.12. The highest BCUT2D eigenvalue weighted by molar-refractivity contribution is 5.91. The van der Waals surface area contributed by atoms with Crippen LogP contribution in [0, 0.1) is 29.4 Å². The predicted octanol–water partition coefficient (Wildman–Crippen LogP) is 8.96. The molecule has 4 heteroatoms. The number of aryl methyl sites for hydroxylation is 1. The van der Waals surface area contributed by atoms with E-state index in [1.54, 1.807) is 12.1 Å². The van der Waals surface area contributed by atoms with Gasteiger partial charge in [0.1, 0.15) is 17.4 Å². The largest absolute Gasteiger partial charge is 0.423 e. The number of halogens is 2. The van der Waals surface area contributed by atoms with Gasteiger partial charge in [-0.15, -0.1) is 6.58 Å². The van der Waals surface area contributed by atoms with Crippen LogP contribution >= 0.6 is 0 Å². The van der Waals surface area contributed by atoms with Crippen molar-refractivity contribution < 1.29 is 18.3 Å². The summed E-state index contributed by atoms with van der Waals surface area (Å²) in [6.07, 6.45) is 16.6. The first-order valence-electron chi connectivity index (χ1n) is 13.5. The number of esters is 1. The highest BCUT2D eigenvalue weighted by Gasteiger charge is 2.37. The van der Waals surface area contributed by atoms with E-state index < -0.39 is 17.6 Å². The van der Waals surface area contributed by atoms with E-state index in [1.807, 2.05) is 18.2 Å². The lowest BCUT2D eigenvalue weighted by molar-refractivity contribution is 0.0733. The summed E-state index contributed by atoms with van der Waals surface area (Å²) < 4.78 is 35.7. The summed E-state index contributed by atoms with van der Waals surface area (Å²) in [4.78, 5) is 12.6. The zero-order valence-electron chi connectivity index (χ0n) is 21.4. The molecule has 192 valence electrons. The molecule has 4 unspecified atom stereocenters. The average Bonchev–Trinajstić information content (AvgIpc) is 2.88. The molecule has 2 nitrogen and oxygen atoms in total. The van der Waals surface area contributed by atoms with E-state index in [1.165, 1.54) is 19.3 Å². The number of fused-ring (bicyclic) bond motifs is 1. The van der Waals surface area contributed by atoms with Gasteiger partial charge in [0.2, 0.25) is 0 Å². The summed E-state index contributed by atoms with van der Waals surface area (Å²) >= 11 is 0. The van der Waals surface area contributed by atoms with Gasteiger partial charge >= 0.3 is 5.97 Å². The predicted molar refractivity (Wildman–Crippen MR) is 141 cm³/mol. The second-order valence-corrected chi connectivity index (χ2v) is 10.6. The molecule has 0 amide bonds. The third kappa shape index (κ3) is 6.52. The lowest BCUT2D eigenvalue weighted by Gasteiger charge is -2.42. The fraction of sp³-hybridized carbons (Fsp3) is 0.469. The van der Waals surface area contributed by atoms with Crippen LogP contribution in [0.1, 0.15) is 92.1 Å². The molecule has 0 aliphatic heterocycles. The number of allylic oxidation sites excluding steroid dienone is 3. The van der Waals surface area contributed by atoms with Crippen LogP contribution in [0.15, 0.2) is 61.2 Å². The van der Waals surface area contributed by atoms with Gasteiger partial charge in [-0.3, -0.25) is 0 Å². The fourth-order valence-electron chi connectivity index (χ4n) is 6.26. The number of rotatable bonds is 9. The van der Waals surface area contributed by atoms with Crippen LogP contribution in [0.4, 0.5) is 8.78 Å². The van der Waals surface area contributed by atoms with Crippen LogP contribution in [0.3, 0.4) is 0 Å². The van der Waals surface area contributed by atoms with Crippen molar-refractivity contribution >= 4 is 5.97 Å². The van der Waals surface area contributed by atoms with Crippen molar-refractivity contribution in [3.63, 3.8) is 0 Å². The maximum atomic E-state index is 15.2. The van der Waals surface area contributed by atoms with Crippen LogP contribution in [-0.2, 0) is 6.42 Å². The molecule has 2 fully saturated rings. The van der Waals surface area contributed by atoms with E-state index in [9.17, 15) is 4.79 Å². The molecule has 0 aromatic heterocycles. The lowest BCUT2D eigenvalue weighted by Crippen LogP contribution is -2.31. The monoisotopic (exact) mass is 492 g/mol. The highest BCUT2D eigenvalue weighted by atomic mass is 19.1. The topological polar surface area (TPSA) is 26.3 Å². The Morgan fingerprint density at radius 3 is 2.39 bits per heavy atom. The molecule has 2 aromatic carbocycles. The van der Waals surface area contributed by atoms with Gasteiger partial charge in [-0.2, -0.15) is 0 Å². The summed E-state index contributed by atoms with van der Waals surface area (Å²) in [6.45, 7) is 5.78. The summed E-state index contributed by atoms with van der Waals surface area (Å²) in [6, 6.07) is 9.44. The van der Waals surface area contributed by atoms with Crippen molar-refractivity contribution in [3.05, 3.63) is 89.5 Å². The molecule has 0 bridgehead atoms. The summed E-state index contributed by atoms with van der Waals surface area (Å²) in [7, 11) is 0. The third-order valence-electron chi connectivity index (χ3n) is 8.19. The van der Waals surface area contributed by atoms with Crippen molar-refractivity contribution in [3.8, 4) is 5.75 Å². The minimum absolute atomic E-state index is 0.0974. The maximum Gasteiger partial charge on any atom is 0.343 e. The van der Waals surface area contributed by atoms with Crippen molar-refractivity contribution in [2.45, 2.75) is 77.0 Å². The summed E-state index contributed by atoms with van der Waals surface area (Å²) in [5.74, 6) is 0.203. The van der Waals surface area contributed by atoms with Crippen molar-refractivity contribution in [1.82, 2.24) is 0 Å². The quantitative estimate of drug-likeness (QED) is 0.198. The Morgan fingerprint density at radius 2 is 1.69 bits per heavy atom. The number of ether oxygens (including phenoxy) is 1. The van der Waals surface area contributed by atoms with Gasteiger partial charge in [0.15, 0.2) is 0 Å². The van der Waals surface area contributed by atoms with E-state index in [2.05, 4.69) is 25.7 Å². The molecule has 2 aliphatic carbocycles. The van der Waals surface area contributed by atoms with Gasteiger partial charge < -0.3 is 4.74 Å². The van der Waals surface area contributed by atoms with E-state index in [0.717, 1.165) is 68.6 Å². The minimum Gasteiger partial charge on any atom is -0.423 e. The molecule has 36 heavy (non-hydrogen) atoms. The molecule has 2 aliphatic rings. The molecular formula is C32H38F2O2. The maximum absolute atomic E-state index is 15.2. The van der Waals surface area contributed by atoms with Gasteiger partial charge in [-0.25, -0.2) is 13.6 Å². The van der Waals surface area contributed by atoms with Crippen LogP contribution in [-0.4, -0.2) is 5.97 Å². The second kappa shape index (κ2) is 12.5. The third-order valence-corrected chi connectivity index (χ3v) is 8.19. The molecule has 0 N–H and O–H groups in total. The average molecular weight is 493 g/mol. The first-order valence-corrected chi connectivity index (χ1v) is 13.5. The van der Waals surface area contributed by atoms with Crippen molar-refractivity contribution in [2.75, 3.05) is 0 Å². The molecule has 4 rings (SSSR count). The zero-order chi connectivity index (χ0) is 25.5. The smallest absolute Gasteiger partial charge is 0.343 e. The molecule has 0 saturated heterocycles. The summed E-state index contributed by atoms with van der Waals surface area (Å²) in [5.41, 5.74) is 1.15. The van der Waals surface area contributed by atoms with Crippen molar-refractivity contribution in [2.24, 2.45) is 17.8 Å². The number of hydrogen-bond acceptors (Lipinski definition) is 2. The summed E-state index contributed by atoms with van der Waals surface area (Å²) in [5, 5.41) is 0. The lowest BCUT2D eigenvalue weighted by atomic mass is 9.63.